The summed E-state index contributed by atoms with van der Waals surface area (Å²) in [5.74, 6) is -5.85. The van der Waals surface area contributed by atoms with Crippen molar-refractivity contribution in [3.63, 3.8) is 0 Å². The van der Waals surface area contributed by atoms with Gasteiger partial charge in [-0.1, -0.05) is 42.5 Å². The van der Waals surface area contributed by atoms with Crippen molar-refractivity contribution >= 4 is 27.0 Å². The normalized spacial score (nSPS) is 13.2. The maximum Gasteiger partial charge on any atom is 0.243 e. The minimum absolute atomic E-state index is 0.0558. The second-order valence-corrected chi connectivity index (χ2v) is 11.9. The number of benzene rings is 3. The first-order valence-corrected chi connectivity index (χ1v) is 14.4. The van der Waals surface area contributed by atoms with E-state index in [-0.39, 0.29) is 17.9 Å². The van der Waals surface area contributed by atoms with Crippen LogP contribution in [-0.2, 0) is 23.0 Å². The van der Waals surface area contributed by atoms with Gasteiger partial charge in [-0.3, -0.25) is 0 Å². The number of nitrogens with one attached hydrogen (secondary N) is 1. The SMILES string of the molecule is COc1cccc(S(=O)(=O)N(Cc2cccs2)C[C@@H](O)[C@H](Cc2ccccc2)Nc2cc(F)c(F)c(O)c2F)c1. The van der Waals surface area contributed by atoms with E-state index in [1.54, 1.807) is 53.9 Å². The first kappa shape index (κ1) is 29.4. The van der Waals surface area contributed by atoms with Crippen molar-refractivity contribution in [2.24, 2.45) is 0 Å². The van der Waals surface area contributed by atoms with Crippen molar-refractivity contribution < 1.29 is 36.5 Å². The maximum atomic E-state index is 14.7. The van der Waals surface area contributed by atoms with Gasteiger partial charge in [-0.2, -0.15) is 8.70 Å². The van der Waals surface area contributed by atoms with E-state index in [4.69, 9.17) is 4.74 Å². The van der Waals surface area contributed by atoms with Gasteiger partial charge in [-0.25, -0.2) is 17.2 Å². The number of nitrogens with zero attached hydrogens (tertiary/aromatic N) is 1. The molecule has 2 atom stereocenters. The van der Waals surface area contributed by atoms with Crippen LogP contribution in [0.25, 0.3) is 0 Å². The number of phenols is 1. The largest absolute Gasteiger partial charge is 0.503 e. The molecule has 0 radical (unpaired) electrons. The van der Waals surface area contributed by atoms with E-state index in [9.17, 15) is 31.8 Å². The van der Waals surface area contributed by atoms with Crippen molar-refractivity contribution in [1.29, 1.82) is 0 Å². The highest BCUT2D eigenvalue weighted by molar-refractivity contribution is 7.89. The molecule has 0 aliphatic rings. The van der Waals surface area contributed by atoms with E-state index in [0.29, 0.717) is 22.3 Å². The Bertz CT molecular complexity index is 1540. The van der Waals surface area contributed by atoms with Gasteiger partial charge >= 0.3 is 0 Å². The van der Waals surface area contributed by atoms with Crippen molar-refractivity contribution in [3.05, 3.63) is 106 Å². The van der Waals surface area contributed by atoms with Crippen LogP contribution in [0.4, 0.5) is 18.9 Å². The third kappa shape index (κ3) is 6.76. The van der Waals surface area contributed by atoms with Gasteiger partial charge in [-0.05, 0) is 35.6 Å². The Hall–Kier alpha value is -3.58. The summed E-state index contributed by atoms with van der Waals surface area (Å²) in [6.45, 7) is -0.494. The lowest BCUT2D eigenvalue weighted by molar-refractivity contribution is 0.124. The topological polar surface area (TPSA) is 99.1 Å². The summed E-state index contributed by atoms with van der Waals surface area (Å²) in [5.41, 5.74) is 0.114. The zero-order chi connectivity index (χ0) is 28.9. The van der Waals surface area contributed by atoms with Crippen LogP contribution in [0.5, 0.6) is 11.5 Å². The number of rotatable bonds is 12. The first-order valence-electron chi connectivity index (χ1n) is 12.1. The van der Waals surface area contributed by atoms with Crippen molar-refractivity contribution in [2.45, 2.75) is 30.0 Å². The van der Waals surface area contributed by atoms with Crippen LogP contribution >= 0.6 is 11.3 Å². The molecule has 0 spiro atoms. The van der Waals surface area contributed by atoms with E-state index in [1.807, 2.05) is 0 Å². The zero-order valence-corrected chi connectivity index (χ0v) is 22.9. The number of halogens is 3. The molecule has 0 amide bonds. The molecule has 40 heavy (non-hydrogen) atoms. The molecule has 0 aliphatic heterocycles. The van der Waals surface area contributed by atoms with Crippen LogP contribution in [0, 0.1) is 17.5 Å². The van der Waals surface area contributed by atoms with Crippen LogP contribution < -0.4 is 10.1 Å². The van der Waals surface area contributed by atoms with Gasteiger partial charge in [0.25, 0.3) is 0 Å². The van der Waals surface area contributed by atoms with E-state index in [0.717, 1.165) is 4.31 Å². The maximum absolute atomic E-state index is 14.7. The van der Waals surface area contributed by atoms with Gasteiger partial charge in [0, 0.05) is 30.1 Å². The monoisotopic (exact) mass is 592 g/mol. The number of hydrogen-bond donors (Lipinski definition) is 3. The summed E-state index contributed by atoms with van der Waals surface area (Å²) in [6, 6.07) is 17.7. The Morgan fingerprint density at radius 2 is 1.75 bits per heavy atom. The molecule has 0 aliphatic carbocycles. The quantitative estimate of drug-likeness (QED) is 0.197. The fourth-order valence-corrected chi connectivity index (χ4v) is 6.39. The Labute approximate surface area is 234 Å². The number of aliphatic hydroxyl groups is 1. The number of phenolic OH excluding ortho intramolecular Hbond substituents is 1. The van der Waals surface area contributed by atoms with Gasteiger partial charge in [0.1, 0.15) is 5.75 Å². The molecular formula is C28H27F3N2O5S2. The van der Waals surface area contributed by atoms with Crippen LogP contribution in [0.1, 0.15) is 10.4 Å². The summed E-state index contributed by atoms with van der Waals surface area (Å²) in [5, 5.41) is 25.5. The van der Waals surface area contributed by atoms with Crippen molar-refractivity contribution in [3.8, 4) is 11.5 Å². The van der Waals surface area contributed by atoms with E-state index >= 15 is 0 Å². The molecule has 4 rings (SSSR count). The predicted molar refractivity (Wildman–Crippen MR) is 146 cm³/mol. The Morgan fingerprint density at radius 3 is 2.42 bits per heavy atom. The number of methoxy groups -OCH3 is 1. The molecule has 3 N–H and O–H groups in total. The molecule has 7 nitrogen and oxygen atoms in total. The number of aromatic hydroxyl groups is 1. The first-order chi connectivity index (χ1) is 19.1. The molecule has 4 aromatic rings. The van der Waals surface area contributed by atoms with Crippen LogP contribution in [-0.4, -0.2) is 48.7 Å². The number of thiophene rings is 1. The van der Waals surface area contributed by atoms with Crippen molar-refractivity contribution in [2.75, 3.05) is 19.0 Å². The number of sulfonamides is 1. The summed E-state index contributed by atoms with van der Waals surface area (Å²) in [7, 11) is -2.75. The third-order valence-corrected chi connectivity index (χ3v) is 8.89. The number of hydrogen-bond acceptors (Lipinski definition) is 7. The molecule has 212 valence electrons. The highest BCUT2D eigenvalue weighted by Gasteiger charge is 2.32. The molecule has 0 saturated heterocycles. The Morgan fingerprint density at radius 1 is 1.00 bits per heavy atom. The predicted octanol–water partition coefficient (Wildman–Crippen LogP) is 5.15. The van der Waals surface area contributed by atoms with Gasteiger partial charge < -0.3 is 20.3 Å². The molecule has 1 aromatic heterocycles. The summed E-state index contributed by atoms with van der Waals surface area (Å²) in [6.07, 6.45) is -1.40. The highest BCUT2D eigenvalue weighted by atomic mass is 32.2. The molecule has 0 bridgehead atoms. The average molecular weight is 593 g/mol. The van der Waals surface area contributed by atoms with Crippen LogP contribution in [0.3, 0.4) is 0 Å². The molecule has 0 saturated carbocycles. The highest BCUT2D eigenvalue weighted by Crippen LogP contribution is 2.31. The summed E-state index contributed by atoms with van der Waals surface area (Å²) < 4.78 is 76.1. The molecule has 1 heterocycles. The van der Waals surface area contributed by atoms with Gasteiger partial charge in [0.15, 0.2) is 17.4 Å². The zero-order valence-electron chi connectivity index (χ0n) is 21.3. The van der Waals surface area contributed by atoms with E-state index < -0.39 is 57.6 Å². The molecular weight excluding hydrogens is 565 g/mol. The summed E-state index contributed by atoms with van der Waals surface area (Å²) >= 11 is 1.33. The lowest BCUT2D eigenvalue weighted by Gasteiger charge is -2.30. The minimum Gasteiger partial charge on any atom is -0.503 e. The fourth-order valence-electron chi connectivity index (χ4n) is 4.12. The van der Waals surface area contributed by atoms with Gasteiger partial charge in [-0.15, -0.1) is 11.3 Å². The molecule has 3 aromatic carbocycles. The van der Waals surface area contributed by atoms with Crippen LogP contribution in [0.2, 0.25) is 0 Å². The second-order valence-electron chi connectivity index (χ2n) is 8.95. The minimum atomic E-state index is -4.16. The standard InChI is InChI=1S/C28H27F3N2O5S2/c1-38-19-9-5-11-21(14-19)40(36,37)33(16-20-10-6-12-39-20)17-25(34)23(13-18-7-3-2-4-8-18)32-24-15-22(29)26(30)28(35)27(24)31/h2-12,14-15,23,25,32,34-35H,13,16-17H2,1H3/t23-,25+/m0/s1. The van der Waals surface area contributed by atoms with Crippen molar-refractivity contribution in [1.82, 2.24) is 4.31 Å². The number of aliphatic hydroxyl groups excluding tert-OH is 1. The summed E-state index contributed by atoms with van der Waals surface area (Å²) in [4.78, 5) is 0.655. The van der Waals surface area contributed by atoms with Crippen LogP contribution in [0.15, 0.2) is 83.1 Å². The fraction of sp³-hybridized carbons (Fsp3) is 0.214. The number of ether oxygens (including phenoxy) is 1. The third-order valence-electron chi connectivity index (χ3n) is 6.22. The Kier molecular flexibility index (Phi) is 9.36. The Balaban J connectivity index is 1.69. The van der Waals surface area contributed by atoms with Gasteiger partial charge in [0.05, 0.1) is 29.8 Å². The second kappa shape index (κ2) is 12.7. The van der Waals surface area contributed by atoms with E-state index in [2.05, 4.69) is 5.32 Å². The van der Waals surface area contributed by atoms with Gasteiger partial charge in [0.2, 0.25) is 15.8 Å². The lowest BCUT2D eigenvalue weighted by atomic mass is 10.0. The molecule has 0 unspecified atom stereocenters. The average Bonchev–Trinajstić information content (AvgIpc) is 3.47. The lowest BCUT2D eigenvalue weighted by Crippen LogP contribution is -2.45. The van der Waals surface area contributed by atoms with E-state index in [1.165, 1.54) is 36.6 Å². The number of anilines is 1. The molecule has 12 heteroatoms. The molecule has 0 fully saturated rings. The smallest absolute Gasteiger partial charge is 0.243 e.